The number of hydrogen-bond acceptors (Lipinski definition) is 4. The number of aromatic nitrogens is 2. The van der Waals surface area contributed by atoms with Crippen LogP contribution in [-0.4, -0.2) is 17.0 Å². The summed E-state index contributed by atoms with van der Waals surface area (Å²) in [5, 5.41) is 5.64. The molecule has 1 aromatic heterocycles. The SMILES string of the molecule is CCCc1nc(NC)cc(Nc2c(F)cc(F)cc2Cl)n1. The molecule has 0 aliphatic carbocycles. The van der Waals surface area contributed by atoms with E-state index in [2.05, 4.69) is 20.6 Å². The van der Waals surface area contributed by atoms with Crippen molar-refractivity contribution in [3.05, 3.63) is 40.7 Å². The predicted molar refractivity (Wildman–Crippen MR) is 80.2 cm³/mol. The molecular formula is C14H15ClF2N4. The van der Waals surface area contributed by atoms with Gasteiger partial charge in [-0.25, -0.2) is 18.7 Å². The molecular weight excluding hydrogens is 298 g/mol. The van der Waals surface area contributed by atoms with E-state index in [4.69, 9.17) is 11.6 Å². The molecule has 0 bridgehead atoms. The zero-order chi connectivity index (χ0) is 15.4. The fourth-order valence-corrected chi connectivity index (χ4v) is 2.06. The molecule has 0 amide bonds. The predicted octanol–water partition coefficient (Wildman–Crippen LogP) is 4.15. The quantitative estimate of drug-likeness (QED) is 0.871. The molecule has 1 heterocycles. The highest BCUT2D eigenvalue weighted by Crippen LogP contribution is 2.29. The molecule has 0 fully saturated rings. The summed E-state index contributed by atoms with van der Waals surface area (Å²) >= 11 is 5.86. The van der Waals surface area contributed by atoms with Crippen molar-refractivity contribution in [1.82, 2.24) is 9.97 Å². The minimum absolute atomic E-state index is 0.0127. The van der Waals surface area contributed by atoms with Crippen LogP contribution in [0.15, 0.2) is 18.2 Å². The Morgan fingerprint density at radius 1 is 1.14 bits per heavy atom. The molecule has 2 N–H and O–H groups in total. The lowest BCUT2D eigenvalue weighted by Gasteiger charge is -2.11. The first-order valence-corrected chi connectivity index (χ1v) is 6.88. The van der Waals surface area contributed by atoms with Gasteiger partial charge in [-0.05, 0) is 12.5 Å². The van der Waals surface area contributed by atoms with E-state index in [-0.39, 0.29) is 10.7 Å². The molecule has 0 aliphatic heterocycles. The maximum absolute atomic E-state index is 13.8. The number of halogens is 3. The summed E-state index contributed by atoms with van der Waals surface area (Å²) in [7, 11) is 1.73. The Morgan fingerprint density at radius 2 is 1.86 bits per heavy atom. The van der Waals surface area contributed by atoms with Crippen LogP contribution < -0.4 is 10.6 Å². The van der Waals surface area contributed by atoms with E-state index in [1.165, 1.54) is 0 Å². The first-order valence-electron chi connectivity index (χ1n) is 6.50. The monoisotopic (exact) mass is 312 g/mol. The smallest absolute Gasteiger partial charge is 0.151 e. The number of anilines is 3. The number of benzene rings is 1. The lowest BCUT2D eigenvalue weighted by Crippen LogP contribution is -2.05. The maximum Gasteiger partial charge on any atom is 0.151 e. The Balaban J connectivity index is 2.37. The summed E-state index contributed by atoms with van der Waals surface area (Å²) in [4.78, 5) is 8.58. The van der Waals surface area contributed by atoms with Gasteiger partial charge in [0.25, 0.3) is 0 Å². The van der Waals surface area contributed by atoms with E-state index in [0.29, 0.717) is 23.9 Å². The first kappa shape index (κ1) is 15.4. The van der Waals surface area contributed by atoms with Crippen molar-refractivity contribution in [2.24, 2.45) is 0 Å². The van der Waals surface area contributed by atoms with E-state index < -0.39 is 11.6 Å². The van der Waals surface area contributed by atoms with E-state index in [0.717, 1.165) is 18.6 Å². The van der Waals surface area contributed by atoms with Crippen molar-refractivity contribution < 1.29 is 8.78 Å². The van der Waals surface area contributed by atoms with E-state index in [1.54, 1.807) is 13.1 Å². The largest absolute Gasteiger partial charge is 0.373 e. The second-order valence-electron chi connectivity index (χ2n) is 4.42. The zero-order valence-electron chi connectivity index (χ0n) is 11.7. The molecule has 4 nitrogen and oxygen atoms in total. The molecule has 0 saturated carbocycles. The third kappa shape index (κ3) is 3.78. The third-order valence-electron chi connectivity index (χ3n) is 2.76. The van der Waals surface area contributed by atoms with Crippen LogP contribution in [0.3, 0.4) is 0 Å². The Bertz CT molecular complexity index is 626. The first-order chi connectivity index (χ1) is 10.0. The van der Waals surface area contributed by atoms with Gasteiger partial charge in [0, 0.05) is 25.6 Å². The third-order valence-corrected chi connectivity index (χ3v) is 3.06. The molecule has 0 aliphatic rings. The number of nitrogens with zero attached hydrogens (tertiary/aromatic N) is 2. The maximum atomic E-state index is 13.8. The minimum atomic E-state index is -0.776. The highest BCUT2D eigenvalue weighted by molar-refractivity contribution is 6.33. The second kappa shape index (κ2) is 6.67. The van der Waals surface area contributed by atoms with Crippen LogP contribution in [-0.2, 0) is 6.42 Å². The van der Waals surface area contributed by atoms with Crippen LogP contribution in [0.5, 0.6) is 0 Å². The van der Waals surface area contributed by atoms with Gasteiger partial charge in [-0.2, -0.15) is 0 Å². The molecule has 2 rings (SSSR count). The second-order valence-corrected chi connectivity index (χ2v) is 4.83. The Labute approximate surface area is 126 Å². The van der Waals surface area contributed by atoms with Crippen molar-refractivity contribution in [1.29, 1.82) is 0 Å². The molecule has 7 heteroatoms. The molecule has 0 saturated heterocycles. The average molecular weight is 313 g/mol. The standard InChI is InChI=1S/C14H15ClF2N4/c1-3-4-11-19-12(18-2)7-13(20-11)21-14-9(15)5-8(16)6-10(14)17/h5-7H,3-4H2,1-2H3,(H2,18,19,20,21). The van der Waals surface area contributed by atoms with Crippen LogP contribution in [0.1, 0.15) is 19.2 Å². The van der Waals surface area contributed by atoms with Crippen molar-refractivity contribution in [3.8, 4) is 0 Å². The van der Waals surface area contributed by atoms with Gasteiger partial charge in [-0.3, -0.25) is 0 Å². The number of rotatable bonds is 5. The van der Waals surface area contributed by atoms with Crippen LogP contribution in [0.25, 0.3) is 0 Å². The van der Waals surface area contributed by atoms with E-state index in [9.17, 15) is 8.78 Å². The van der Waals surface area contributed by atoms with Gasteiger partial charge in [0.2, 0.25) is 0 Å². The average Bonchev–Trinajstić information content (AvgIpc) is 2.43. The molecule has 0 atom stereocenters. The highest BCUT2D eigenvalue weighted by Gasteiger charge is 2.12. The van der Waals surface area contributed by atoms with Crippen molar-refractivity contribution in [2.75, 3.05) is 17.7 Å². The summed E-state index contributed by atoms with van der Waals surface area (Å²) in [5.74, 6) is 0.125. The fourth-order valence-electron chi connectivity index (χ4n) is 1.81. The van der Waals surface area contributed by atoms with Crippen LogP contribution in [0.2, 0.25) is 5.02 Å². The molecule has 0 spiro atoms. The van der Waals surface area contributed by atoms with Crippen LogP contribution in [0.4, 0.5) is 26.1 Å². The fraction of sp³-hybridized carbons (Fsp3) is 0.286. The molecule has 112 valence electrons. The van der Waals surface area contributed by atoms with Gasteiger partial charge < -0.3 is 10.6 Å². The Morgan fingerprint density at radius 3 is 2.48 bits per heavy atom. The minimum Gasteiger partial charge on any atom is -0.373 e. The normalized spacial score (nSPS) is 10.5. The molecule has 2 aromatic rings. The van der Waals surface area contributed by atoms with E-state index in [1.807, 2.05) is 6.92 Å². The van der Waals surface area contributed by atoms with Gasteiger partial charge in [-0.1, -0.05) is 18.5 Å². The van der Waals surface area contributed by atoms with E-state index >= 15 is 0 Å². The lowest BCUT2D eigenvalue weighted by atomic mass is 10.3. The highest BCUT2D eigenvalue weighted by atomic mass is 35.5. The van der Waals surface area contributed by atoms with Gasteiger partial charge in [0.05, 0.1) is 10.7 Å². The molecule has 0 radical (unpaired) electrons. The number of nitrogens with one attached hydrogen (secondary N) is 2. The number of aryl methyl sites for hydroxylation is 1. The topological polar surface area (TPSA) is 49.8 Å². The summed E-state index contributed by atoms with van der Waals surface area (Å²) in [6.45, 7) is 2.01. The summed E-state index contributed by atoms with van der Waals surface area (Å²) in [5.41, 5.74) is -0.0127. The van der Waals surface area contributed by atoms with Crippen molar-refractivity contribution >= 4 is 28.9 Å². The number of hydrogen-bond donors (Lipinski definition) is 2. The summed E-state index contributed by atoms with van der Waals surface area (Å²) < 4.78 is 26.8. The lowest BCUT2D eigenvalue weighted by molar-refractivity contribution is 0.586. The van der Waals surface area contributed by atoms with Crippen LogP contribution >= 0.6 is 11.6 Å². The van der Waals surface area contributed by atoms with Crippen LogP contribution in [0, 0.1) is 11.6 Å². The van der Waals surface area contributed by atoms with Gasteiger partial charge in [0.15, 0.2) is 5.82 Å². The van der Waals surface area contributed by atoms with Crippen molar-refractivity contribution in [2.45, 2.75) is 19.8 Å². The van der Waals surface area contributed by atoms with Crippen molar-refractivity contribution in [3.63, 3.8) is 0 Å². The van der Waals surface area contributed by atoms with Gasteiger partial charge in [0.1, 0.15) is 23.3 Å². The Kier molecular flexibility index (Phi) is 4.90. The summed E-state index contributed by atoms with van der Waals surface area (Å²) in [6, 6.07) is 3.43. The molecule has 21 heavy (non-hydrogen) atoms. The zero-order valence-corrected chi connectivity index (χ0v) is 12.4. The van der Waals surface area contributed by atoms with Gasteiger partial charge >= 0.3 is 0 Å². The molecule has 1 aromatic carbocycles. The summed E-state index contributed by atoms with van der Waals surface area (Å²) in [6.07, 6.45) is 1.59. The Hall–Kier alpha value is -1.95. The van der Waals surface area contributed by atoms with Gasteiger partial charge in [-0.15, -0.1) is 0 Å². The molecule has 0 unspecified atom stereocenters.